The molecule has 1 unspecified atom stereocenters. The van der Waals surface area contributed by atoms with Crippen molar-refractivity contribution in [1.29, 1.82) is 0 Å². The number of likely N-dealkylation sites (tertiary alicyclic amines) is 1. The van der Waals surface area contributed by atoms with Crippen LogP contribution in [0, 0.1) is 0 Å². The Hall–Kier alpha value is -3.48. The van der Waals surface area contributed by atoms with Crippen LogP contribution in [0.3, 0.4) is 0 Å². The zero-order valence-electron chi connectivity index (χ0n) is 18.1. The third-order valence-corrected chi connectivity index (χ3v) is 5.81. The molecule has 1 aliphatic heterocycles. The molecule has 1 atom stereocenters. The molecule has 0 aliphatic carbocycles. The summed E-state index contributed by atoms with van der Waals surface area (Å²) >= 11 is 0. The lowest BCUT2D eigenvalue weighted by atomic mass is 9.95. The van der Waals surface area contributed by atoms with Crippen LogP contribution in [-0.4, -0.2) is 39.9 Å². The van der Waals surface area contributed by atoms with Gasteiger partial charge in [-0.1, -0.05) is 41.6 Å². The number of aromatic nitrogens is 2. The van der Waals surface area contributed by atoms with Crippen LogP contribution in [0.15, 0.2) is 65.4 Å². The van der Waals surface area contributed by atoms with E-state index >= 15 is 0 Å². The number of piperidine rings is 1. The van der Waals surface area contributed by atoms with E-state index < -0.39 is 0 Å². The lowest BCUT2D eigenvalue weighted by Crippen LogP contribution is -2.39. The van der Waals surface area contributed by atoms with Gasteiger partial charge in [-0.2, -0.15) is 0 Å². The Bertz CT molecular complexity index is 1020. The largest absolute Gasteiger partial charge is 0.360 e. The van der Waals surface area contributed by atoms with Crippen LogP contribution < -0.4 is 5.32 Å². The van der Waals surface area contributed by atoms with E-state index in [0.717, 1.165) is 37.8 Å². The van der Waals surface area contributed by atoms with E-state index in [1.165, 1.54) is 5.56 Å². The second-order valence-corrected chi connectivity index (χ2v) is 8.18. The van der Waals surface area contributed by atoms with Gasteiger partial charge in [0.05, 0.1) is 0 Å². The van der Waals surface area contributed by atoms with Crippen molar-refractivity contribution in [2.45, 2.75) is 44.6 Å². The van der Waals surface area contributed by atoms with Crippen LogP contribution in [0.5, 0.6) is 0 Å². The second-order valence-electron chi connectivity index (χ2n) is 8.18. The van der Waals surface area contributed by atoms with Gasteiger partial charge in [0.2, 0.25) is 5.91 Å². The fourth-order valence-corrected chi connectivity index (χ4v) is 4.05. The molecule has 166 valence electrons. The van der Waals surface area contributed by atoms with Crippen molar-refractivity contribution in [3.63, 3.8) is 0 Å². The van der Waals surface area contributed by atoms with Crippen LogP contribution in [0.1, 0.15) is 59.0 Å². The average molecular weight is 433 g/mol. The van der Waals surface area contributed by atoms with Crippen molar-refractivity contribution in [2.75, 3.05) is 13.1 Å². The van der Waals surface area contributed by atoms with Crippen molar-refractivity contribution >= 4 is 11.8 Å². The zero-order chi connectivity index (χ0) is 22.2. The molecule has 0 spiro atoms. The predicted octanol–water partition coefficient (Wildman–Crippen LogP) is 3.73. The first-order chi connectivity index (χ1) is 15.7. The highest BCUT2D eigenvalue weighted by Crippen LogP contribution is 2.28. The lowest BCUT2D eigenvalue weighted by molar-refractivity contribution is -0.132. The standard InChI is InChI=1S/C25H28N4O3/c30-24(12-4-9-19-7-2-1-3-8-19)29-14-6-11-21(18-29)23-15-22(28-32-23)25(31)27-17-20-10-5-13-26-16-20/h1-3,5,7-8,10,13,15-16,21H,4,6,9,11-12,14,17-18H2,(H,27,31). The first kappa shape index (κ1) is 21.7. The molecular formula is C25H28N4O3. The molecule has 2 amide bonds. The van der Waals surface area contributed by atoms with Crippen molar-refractivity contribution in [2.24, 2.45) is 0 Å². The molecule has 7 nitrogen and oxygen atoms in total. The molecule has 1 aliphatic rings. The summed E-state index contributed by atoms with van der Waals surface area (Å²) in [6.45, 7) is 1.76. The Morgan fingerprint density at radius 3 is 2.78 bits per heavy atom. The summed E-state index contributed by atoms with van der Waals surface area (Å²) in [5.41, 5.74) is 2.43. The van der Waals surface area contributed by atoms with Gasteiger partial charge in [-0.3, -0.25) is 14.6 Å². The molecule has 4 rings (SSSR count). The number of aryl methyl sites for hydroxylation is 1. The minimum absolute atomic E-state index is 0.0641. The molecule has 2 aromatic heterocycles. The molecular weight excluding hydrogens is 404 g/mol. The number of hydrogen-bond donors (Lipinski definition) is 1. The molecule has 0 bridgehead atoms. The van der Waals surface area contributed by atoms with Crippen LogP contribution in [0.25, 0.3) is 0 Å². The Labute approximate surface area is 187 Å². The first-order valence-corrected chi connectivity index (χ1v) is 11.1. The van der Waals surface area contributed by atoms with Gasteiger partial charge in [0, 0.05) is 50.4 Å². The molecule has 3 heterocycles. The van der Waals surface area contributed by atoms with Gasteiger partial charge < -0.3 is 14.7 Å². The highest BCUT2D eigenvalue weighted by molar-refractivity contribution is 5.92. The van der Waals surface area contributed by atoms with Gasteiger partial charge in [0.1, 0.15) is 5.76 Å². The van der Waals surface area contributed by atoms with Crippen LogP contribution in [0.2, 0.25) is 0 Å². The molecule has 1 saturated heterocycles. The quantitative estimate of drug-likeness (QED) is 0.586. The molecule has 1 N–H and O–H groups in total. The van der Waals surface area contributed by atoms with Crippen LogP contribution in [-0.2, 0) is 17.8 Å². The topological polar surface area (TPSA) is 88.3 Å². The second kappa shape index (κ2) is 10.7. The predicted molar refractivity (Wildman–Crippen MR) is 120 cm³/mol. The molecule has 0 radical (unpaired) electrons. The number of carbonyl (C=O) groups excluding carboxylic acids is 2. The normalized spacial score (nSPS) is 16.0. The summed E-state index contributed by atoms with van der Waals surface area (Å²) in [4.78, 5) is 31.1. The number of rotatable bonds is 8. The third kappa shape index (κ3) is 5.81. The first-order valence-electron chi connectivity index (χ1n) is 11.1. The summed E-state index contributed by atoms with van der Waals surface area (Å²) in [7, 11) is 0. The van der Waals surface area contributed by atoms with E-state index in [-0.39, 0.29) is 23.4 Å². The molecule has 32 heavy (non-hydrogen) atoms. The van der Waals surface area contributed by atoms with E-state index in [1.807, 2.05) is 35.2 Å². The van der Waals surface area contributed by atoms with E-state index in [1.54, 1.807) is 18.5 Å². The van der Waals surface area contributed by atoms with E-state index in [9.17, 15) is 9.59 Å². The van der Waals surface area contributed by atoms with Crippen LogP contribution >= 0.6 is 0 Å². The van der Waals surface area contributed by atoms with Gasteiger partial charge in [-0.15, -0.1) is 0 Å². The summed E-state index contributed by atoms with van der Waals surface area (Å²) in [6, 6.07) is 15.7. The maximum atomic E-state index is 12.7. The molecule has 7 heteroatoms. The third-order valence-electron chi connectivity index (χ3n) is 5.81. The molecule has 3 aromatic rings. The number of nitrogens with zero attached hydrogens (tertiary/aromatic N) is 3. The number of benzene rings is 1. The van der Waals surface area contributed by atoms with Crippen molar-refractivity contribution in [3.8, 4) is 0 Å². The lowest BCUT2D eigenvalue weighted by Gasteiger charge is -2.31. The van der Waals surface area contributed by atoms with E-state index in [0.29, 0.717) is 25.3 Å². The number of amides is 2. The zero-order valence-corrected chi connectivity index (χ0v) is 18.1. The smallest absolute Gasteiger partial charge is 0.273 e. The minimum atomic E-state index is -0.284. The van der Waals surface area contributed by atoms with Gasteiger partial charge in [-0.25, -0.2) is 0 Å². The Kier molecular flexibility index (Phi) is 7.27. The highest BCUT2D eigenvalue weighted by Gasteiger charge is 2.28. The highest BCUT2D eigenvalue weighted by atomic mass is 16.5. The van der Waals surface area contributed by atoms with Gasteiger partial charge in [0.15, 0.2) is 5.69 Å². The average Bonchev–Trinajstić information content (AvgIpc) is 3.34. The maximum absolute atomic E-state index is 12.7. The number of carbonyl (C=O) groups is 2. The number of hydrogen-bond acceptors (Lipinski definition) is 5. The fraction of sp³-hybridized carbons (Fsp3) is 0.360. The summed E-state index contributed by atoms with van der Waals surface area (Å²) < 4.78 is 5.48. The molecule has 1 aromatic carbocycles. The SMILES string of the molecule is O=C(NCc1cccnc1)c1cc(C2CCCN(C(=O)CCCc3ccccc3)C2)on1. The van der Waals surface area contributed by atoms with E-state index in [4.69, 9.17) is 4.52 Å². The summed E-state index contributed by atoms with van der Waals surface area (Å²) in [5.74, 6) is 0.626. The Balaban J connectivity index is 1.27. The molecule has 0 saturated carbocycles. The fourth-order valence-electron chi connectivity index (χ4n) is 4.05. The van der Waals surface area contributed by atoms with Gasteiger partial charge >= 0.3 is 0 Å². The Morgan fingerprint density at radius 2 is 1.97 bits per heavy atom. The number of nitrogens with one attached hydrogen (secondary N) is 1. The van der Waals surface area contributed by atoms with Gasteiger partial charge in [-0.05, 0) is 42.9 Å². The molecule has 1 fully saturated rings. The summed E-state index contributed by atoms with van der Waals surface area (Å²) in [6.07, 6.45) is 7.52. The Morgan fingerprint density at radius 1 is 1.12 bits per heavy atom. The van der Waals surface area contributed by atoms with Crippen LogP contribution in [0.4, 0.5) is 0 Å². The maximum Gasteiger partial charge on any atom is 0.273 e. The monoisotopic (exact) mass is 432 g/mol. The van der Waals surface area contributed by atoms with Crippen molar-refractivity contribution < 1.29 is 14.1 Å². The summed E-state index contributed by atoms with van der Waals surface area (Å²) in [5, 5.41) is 6.78. The number of pyridine rings is 1. The minimum Gasteiger partial charge on any atom is -0.360 e. The van der Waals surface area contributed by atoms with E-state index in [2.05, 4.69) is 27.6 Å². The van der Waals surface area contributed by atoms with Gasteiger partial charge in [0.25, 0.3) is 5.91 Å². The van der Waals surface area contributed by atoms with Crippen molar-refractivity contribution in [3.05, 3.63) is 83.5 Å². The van der Waals surface area contributed by atoms with Crippen molar-refractivity contribution in [1.82, 2.24) is 20.4 Å².